The minimum absolute atomic E-state index is 0.127. The summed E-state index contributed by atoms with van der Waals surface area (Å²) in [7, 11) is 4.00. The lowest BCUT2D eigenvalue weighted by molar-refractivity contribution is 0.0601. The third-order valence-electron chi connectivity index (χ3n) is 4.80. The number of pyridine rings is 2. The molecule has 0 radical (unpaired) electrons. The lowest BCUT2D eigenvalue weighted by atomic mass is 9.96. The summed E-state index contributed by atoms with van der Waals surface area (Å²) in [4.78, 5) is 25.6. The first-order chi connectivity index (χ1) is 12.1. The summed E-state index contributed by atoms with van der Waals surface area (Å²) in [5.41, 5.74) is 1.82. The van der Waals surface area contributed by atoms with Crippen LogP contribution >= 0.6 is 0 Å². The minimum Gasteiger partial charge on any atom is -0.363 e. The molecule has 0 aromatic carbocycles. The van der Waals surface area contributed by atoms with Crippen LogP contribution in [0.4, 0.5) is 5.82 Å². The number of nitrogens with zero attached hydrogens (tertiary/aromatic N) is 4. The van der Waals surface area contributed by atoms with E-state index in [2.05, 4.69) is 22.0 Å². The van der Waals surface area contributed by atoms with Crippen molar-refractivity contribution in [3.05, 3.63) is 54.0 Å². The van der Waals surface area contributed by atoms with E-state index in [4.69, 9.17) is 4.98 Å². The number of anilines is 1. The topological polar surface area (TPSA) is 49.3 Å². The second kappa shape index (κ2) is 8.10. The molecule has 0 aliphatic carbocycles. The van der Waals surface area contributed by atoms with E-state index < -0.39 is 0 Å². The van der Waals surface area contributed by atoms with Gasteiger partial charge in [0.1, 0.15) is 5.82 Å². The van der Waals surface area contributed by atoms with Crippen LogP contribution in [-0.4, -0.2) is 47.5 Å². The minimum atomic E-state index is 0.127. The molecule has 5 heteroatoms. The Bertz CT molecular complexity index is 702. The van der Waals surface area contributed by atoms with Gasteiger partial charge in [0.2, 0.25) is 0 Å². The van der Waals surface area contributed by atoms with Gasteiger partial charge in [0.25, 0.3) is 5.91 Å². The van der Waals surface area contributed by atoms with Crippen LogP contribution < -0.4 is 4.90 Å². The number of carbonyl (C=O) groups excluding carboxylic acids is 1. The third kappa shape index (κ3) is 4.35. The summed E-state index contributed by atoms with van der Waals surface area (Å²) in [6, 6.07) is 10.0. The molecule has 0 bridgehead atoms. The maximum absolute atomic E-state index is 12.8. The standard InChI is InChI=1S/C20H26N4O/c1-23(2)19-8-5-6-17(22-19)9-10-18-7-3-4-15-24(18)20(25)16-11-13-21-14-12-16/h5-6,8,11-14,18H,3-4,7,9-10,15H2,1-2H3/t18-/m0/s1. The summed E-state index contributed by atoms with van der Waals surface area (Å²) in [6.45, 7) is 0.844. The van der Waals surface area contributed by atoms with Gasteiger partial charge in [-0.3, -0.25) is 9.78 Å². The van der Waals surface area contributed by atoms with Crippen LogP contribution in [0.15, 0.2) is 42.7 Å². The van der Waals surface area contributed by atoms with Gasteiger partial charge in [0.15, 0.2) is 0 Å². The number of amides is 1. The average Bonchev–Trinajstić information content (AvgIpc) is 2.67. The molecule has 1 saturated heterocycles. The van der Waals surface area contributed by atoms with E-state index in [1.165, 1.54) is 6.42 Å². The van der Waals surface area contributed by atoms with Crippen molar-refractivity contribution in [3.63, 3.8) is 0 Å². The normalized spacial score (nSPS) is 17.4. The number of carbonyl (C=O) groups is 1. The Balaban J connectivity index is 1.67. The average molecular weight is 338 g/mol. The molecule has 0 saturated carbocycles. The number of rotatable bonds is 5. The molecule has 0 unspecified atom stereocenters. The van der Waals surface area contributed by atoms with Crippen molar-refractivity contribution in [2.24, 2.45) is 0 Å². The number of hydrogen-bond acceptors (Lipinski definition) is 4. The molecule has 3 rings (SSSR count). The Morgan fingerprint density at radius 2 is 2.00 bits per heavy atom. The van der Waals surface area contributed by atoms with Gasteiger partial charge >= 0.3 is 0 Å². The van der Waals surface area contributed by atoms with E-state index in [1.807, 2.05) is 25.1 Å². The van der Waals surface area contributed by atoms with Crippen LogP contribution in [0.25, 0.3) is 0 Å². The number of aryl methyl sites for hydroxylation is 1. The SMILES string of the molecule is CN(C)c1cccc(CC[C@@H]2CCCCN2C(=O)c2ccncc2)n1. The number of likely N-dealkylation sites (tertiary alicyclic amines) is 1. The second-order valence-electron chi connectivity index (χ2n) is 6.80. The van der Waals surface area contributed by atoms with Gasteiger partial charge in [-0.2, -0.15) is 0 Å². The molecule has 5 nitrogen and oxygen atoms in total. The van der Waals surface area contributed by atoms with Gasteiger partial charge in [-0.05, 0) is 56.4 Å². The van der Waals surface area contributed by atoms with Crippen molar-refractivity contribution in [2.45, 2.75) is 38.1 Å². The van der Waals surface area contributed by atoms with Crippen molar-refractivity contribution in [3.8, 4) is 0 Å². The molecule has 2 aromatic rings. The van der Waals surface area contributed by atoms with Gasteiger partial charge in [-0.25, -0.2) is 4.98 Å². The molecular formula is C20H26N4O. The smallest absolute Gasteiger partial charge is 0.254 e. The van der Waals surface area contributed by atoms with E-state index in [0.29, 0.717) is 6.04 Å². The number of hydrogen-bond donors (Lipinski definition) is 0. The van der Waals surface area contributed by atoms with Crippen molar-refractivity contribution in [2.75, 3.05) is 25.5 Å². The molecule has 3 heterocycles. The highest BCUT2D eigenvalue weighted by Crippen LogP contribution is 2.23. The Hall–Kier alpha value is -2.43. The quantitative estimate of drug-likeness (QED) is 0.840. The second-order valence-corrected chi connectivity index (χ2v) is 6.80. The molecule has 1 aliphatic rings. The maximum atomic E-state index is 12.8. The number of piperidine rings is 1. The molecule has 132 valence electrons. The van der Waals surface area contributed by atoms with Crippen LogP contribution in [0.2, 0.25) is 0 Å². The van der Waals surface area contributed by atoms with Crippen LogP contribution in [0.3, 0.4) is 0 Å². The zero-order chi connectivity index (χ0) is 17.6. The zero-order valence-corrected chi connectivity index (χ0v) is 15.1. The van der Waals surface area contributed by atoms with Gasteiger partial charge < -0.3 is 9.80 Å². The van der Waals surface area contributed by atoms with E-state index in [9.17, 15) is 4.79 Å². The Kier molecular flexibility index (Phi) is 5.64. The predicted molar refractivity (Wildman–Crippen MR) is 99.8 cm³/mol. The first-order valence-electron chi connectivity index (χ1n) is 8.99. The molecule has 0 spiro atoms. The van der Waals surface area contributed by atoms with Crippen LogP contribution in [0.5, 0.6) is 0 Å². The molecule has 2 aromatic heterocycles. The zero-order valence-electron chi connectivity index (χ0n) is 15.1. The summed E-state index contributed by atoms with van der Waals surface area (Å²) in [6.07, 6.45) is 8.57. The van der Waals surface area contributed by atoms with Crippen LogP contribution in [-0.2, 0) is 6.42 Å². The summed E-state index contributed by atoms with van der Waals surface area (Å²) < 4.78 is 0. The van der Waals surface area contributed by atoms with Crippen molar-refractivity contribution in [1.29, 1.82) is 0 Å². The molecular weight excluding hydrogens is 312 g/mol. The molecule has 25 heavy (non-hydrogen) atoms. The fourth-order valence-corrected chi connectivity index (χ4v) is 3.40. The van der Waals surface area contributed by atoms with E-state index in [-0.39, 0.29) is 5.91 Å². The lowest BCUT2D eigenvalue weighted by Gasteiger charge is -2.36. The molecule has 1 amide bonds. The fraction of sp³-hybridized carbons (Fsp3) is 0.450. The summed E-state index contributed by atoms with van der Waals surface area (Å²) in [5.74, 6) is 1.10. The molecule has 1 atom stereocenters. The molecule has 1 fully saturated rings. The fourth-order valence-electron chi connectivity index (χ4n) is 3.40. The predicted octanol–water partition coefficient (Wildman–Crippen LogP) is 3.17. The monoisotopic (exact) mass is 338 g/mol. The van der Waals surface area contributed by atoms with Gasteiger partial charge in [-0.15, -0.1) is 0 Å². The van der Waals surface area contributed by atoms with E-state index >= 15 is 0 Å². The Morgan fingerprint density at radius 3 is 2.76 bits per heavy atom. The highest BCUT2D eigenvalue weighted by atomic mass is 16.2. The maximum Gasteiger partial charge on any atom is 0.254 e. The largest absolute Gasteiger partial charge is 0.363 e. The Morgan fingerprint density at radius 1 is 1.20 bits per heavy atom. The lowest BCUT2D eigenvalue weighted by Crippen LogP contribution is -2.44. The third-order valence-corrected chi connectivity index (χ3v) is 4.80. The highest BCUT2D eigenvalue weighted by molar-refractivity contribution is 5.94. The van der Waals surface area contributed by atoms with Crippen molar-refractivity contribution >= 4 is 11.7 Å². The van der Waals surface area contributed by atoms with Crippen molar-refractivity contribution in [1.82, 2.24) is 14.9 Å². The van der Waals surface area contributed by atoms with Crippen LogP contribution in [0, 0.1) is 0 Å². The highest BCUT2D eigenvalue weighted by Gasteiger charge is 2.27. The summed E-state index contributed by atoms with van der Waals surface area (Å²) >= 11 is 0. The first-order valence-corrected chi connectivity index (χ1v) is 8.99. The van der Waals surface area contributed by atoms with Gasteiger partial charge in [0, 0.05) is 50.3 Å². The molecule has 0 N–H and O–H groups in total. The Labute approximate surface area is 149 Å². The van der Waals surface area contributed by atoms with Crippen LogP contribution in [0.1, 0.15) is 41.7 Å². The van der Waals surface area contributed by atoms with Crippen molar-refractivity contribution < 1.29 is 4.79 Å². The first kappa shape index (κ1) is 17.4. The van der Waals surface area contributed by atoms with Gasteiger partial charge in [0.05, 0.1) is 0 Å². The summed E-state index contributed by atoms with van der Waals surface area (Å²) in [5, 5.41) is 0. The number of aromatic nitrogens is 2. The molecule has 1 aliphatic heterocycles. The van der Waals surface area contributed by atoms with E-state index in [1.54, 1.807) is 24.5 Å². The van der Waals surface area contributed by atoms with Gasteiger partial charge in [-0.1, -0.05) is 6.07 Å². The van der Waals surface area contributed by atoms with E-state index in [0.717, 1.165) is 49.3 Å².